The molecular weight excluding hydrogens is 216 g/mol. The number of aryl methyl sites for hydroxylation is 2. The molecule has 1 aromatic rings. The summed E-state index contributed by atoms with van der Waals surface area (Å²) in [5.74, 6) is -0.00758. The van der Waals surface area contributed by atoms with Gasteiger partial charge in [-0.3, -0.25) is 0 Å². The van der Waals surface area contributed by atoms with Gasteiger partial charge in [0.2, 0.25) is 0 Å². The molecule has 0 bridgehead atoms. The SMILES string of the molecule is CCOC(=O)/C(C)=C/c1cc(C)c(O)c(C)c1. The molecule has 0 aliphatic rings. The third-order valence-electron chi connectivity index (χ3n) is 2.49. The van der Waals surface area contributed by atoms with Crippen LogP contribution in [0.25, 0.3) is 6.08 Å². The molecule has 1 N–H and O–H groups in total. The lowest BCUT2D eigenvalue weighted by atomic mass is 10.0. The van der Waals surface area contributed by atoms with Crippen LogP contribution in [-0.2, 0) is 9.53 Å². The largest absolute Gasteiger partial charge is 0.507 e. The first-order chi connectivity index (χ1) is 7.95. The number of benzene rings is 1. The first kappa shape index (κ1) is 13.3. The van der Waals surface area contributed by atoms with Gasteiger partial charge in [-0.1, -0.05) is 0 Å². The minimum Gasteiger partial charge on any atom is -0.507 e. The van der Waals surface area contributed by atoms with Crippen molar-refractivity contribution in [1.29, 1.82) is 0 Å². The van der Waals surface area contributed by atoms with Gasteiger partial charge in [-0.05, 0) is 62.6 Å². The molecule has 0 unspecified atom stereocenters. The first-order valence-corrected chi connectivity index (χ1v) is 5.61. The molecule has 0 saturated carbocycles. The van der Waals surface area contributed by atoms with Gasteiger partial charge < -0.3 is 9.84 Å². The minimum atomic E-state index is -0.309. The molecule has 0 aliphatic heterocycles. The van der Waals surface area contributed by atoms with Crippen LogP contribution >= 0.6 is 0 Å². The molecule has 3 nitrogen and oxygen atoms in total. The Bertz CT molecular complexity index is 436. The monoisotopic (exact) mass is 234 g/mol. The van der Waals surface area contributed by atoms with Crippen LogP contribution < -0.4 is 0 Å². The average Bonchev–Trinajstić information content (AvgIpc) is 2.26. The van der Waals surface area contributed by atoms with Crippen molar-refractivity contribution in [3.63, 3.8) is 0 Å². The Morgan fingerprint density at radius 2 is 1.88 bits per heavy atom. The van der Waals surface area contributed by atoms with Crippen molar-refractivity contribution in [2.75, 3.05) is 6.61 Å². The number of hydrogen-bond acceptors (Lipinski definition) is 3. The zero-order valence-corrected chi connectivity index (χ0v) is 10.7. The number of carbonyl (C=O) groups excluding carboxylic acids is 1. The lowest BCUT2D eigenvalue weighted by molar-refractivity contribution is -0.138. The van der Waals surface area contributed by atoms with Crippen LogP contribution in [0.1, 0.15) is 30.5 Å². The van der Waals surface area contributed by atoms with E-state index in [1.165, 1.54) is 0 Å². The molecule has 1 rings (SSSR count). The third-order valence-corrected chi connectivity index (χ3v) is 2.49. The highest BCUT2D eigenvalue weighted by Crippen LogP contribution is 2.24. The minimum absolute atomic E-state index is 0.302. The molecule has 0 saturated heterocycles. The van der Waals surface area contributed by atoms with E-state index in [0.717, 1.165) is 16.7 Å². The number of ether oxygens (including phenoxy) is 1. The number of esters is 1. The van der Waals surface area contributed by atoms with Gasteiger partial charge in [0.1, 0.15) is 5.75 Å². The molecule has 0 aliphatic carbocycles. The Morgan fingerprint density at radius 3 is 2.35 bits per heavy atom. The topological polar surface area (TPSA) is 46.5 Å². The lowest BCUT2D eigenvalue weighted by Gasteiger charge is -2.06. The molecule has 0 atom stereocenters. The second kappa shape index (κ2) is 5.53. The molecule has 3 heteroatoms. The van der Waals surface area contributed by atoms with E-state index in [4.69, 9.17) is 4.74 Å². The fourth-order valence-corrected chi connectivity index (χ4v) is 1.63. The van der Waals surface area contributed by atoms with Crippen molar-refractivity contribution in [3.8, 4) is 5.75 Å². The normalized spacial score (nSPS) is 11.4. The van der Waals surface area contributed by atoms with E-state index < -0.39 is 0 Å². The predicted molar refractivity (Wildman–Crippen MR) is 67.9 cm³/mol. The Hall–Kier alpha value is -1.77. The molecule has 0 radical (unpaired) electrons. The van der Waals surface area contributed by atoms with Crippen molar-refractivity contribution < 1.29 is 14.6 Å². The Labute approximate surface area is 102 Å². The van der Waals surface area contributed by atoms with Crippen molar-refractivity contribution in [2.45, 2.75) is 27.7 Å². The summed E-state index contributed by atoms with van der Waals surface area (Å²) in [5, 5.41) is 9.65. The van der Waals surface area contributed by atoms with Crippen LogP contribution in [0.3, 0.4) is 0 Å². The number of phenolic OH excluding ortho intramolecular Hbond substituents is 1. The summed E-state index contributed by atoms with van der Waals surface area (Å²) in [6.07, 6.45) is 1.76. The zero-order valence-electron chi connectivity index (χ0n) is 10.7. The highest BCUT2D eigenvalue weighted by atomic mass is 16.5. The Kier molecular flexibility index (Phi) is 4.32. The maximum atomic E-state index is 11.4. The summed E-state index contributed by atoms with van der Waals surface area (Å²) in [5.41, 5.74) is 3.04. The van der Waals surface area contributed by atoms with E-state index in [1.807, 2.05) is 26.0 Å². The van der Waals surface area contributed by atoms with E-state index in [1.54, 1.807) is 19.9 Å². The molecule has 0 aromatic heterocycles. The van der Waals surface area contributed by atoms with Crippen LogP contribution in [-0.4, -0.2) is 17.7 Å². The summed E-state index contributed by atoms with van der Waals surface area (Å²) in [6.45, 7) is 7.53. The molecule has 0 heterocycles. The number of aromatic hydroxyl groups is 1. The molecule has 92 valence electrons. The molecule has 1 aromatic carbocycles. The van der Waals surface area contributed by atoms with E-state index in [0.29, 0.717) is 17.9 Å². The summed E-state index contributed by atoms with van der Waals surface area (Å²) in [6, 6.07) is 3.68. The van der Waals surface area contributed by atoms with Gasteiger partial charge >= 0.3 is 5.97 Å². The quantitative estimate of drug-likeness (QED) is 0.646. The molecular formula is C14H18O3. The lowest BCUT2D eigenvalue weighted by Crippen LogP contribution is -2.04. The zero-order chi connectivity index (χ0) is 13.0. The summed E-state index contributed by atoms with van der Waals surface area (Å²) >= 11 is 0. The maximum absolute atomic E-state index is 11.4. The second-order valence-electron chi connectivity index (χ2n) is 4.05. The first-order valence-electron chi connectivity index (χ1n) is 5.61. The average molecular weight is 234 g/mol. The van der Waals surface area contributed by atoms with E-state index >= 15 is 0 Å². The van der Waals surface area contributed by atoms with Gasteiger partial charge in [0, 0.05) is 5.57 Å². The van der Waals surface area contributed by atoms with Gasteiger partial charge in [0.25, 0.3) is 0 Å². The predicted octanol–water partition coefficient (Wildman–Crippen LogP) is 2.98. The molecule has 0 fully saturated rings. The smallest absolute Gasteiger partial charge is 0.333 e. The Morgan fingerprint density at radius 1 is 1.35 bits per heavy atom. The standard InChI is InChI=1S/C14H18O3/c1-5-17-14(16)11(4)8-12-6-9(2)13(15)10(3)7-12/h6-8,15H,5H2,1-4H3/b11-8+. The van der Waals surface area contributed by atoms with E-state index in [-0.39, 0.29) is 5.97 Å². The molecule has 0 spiro atoms. The summed E-state index contributed by atoms with van der Waals surface area (Å²) < 4.78 is 4.90. The van der Waals surface area contributed by atoms with Crippen LogP contribution in [0.5, 0.6) is 5.75 Å². The molecule has 0 amide bonds. The highest BCUT2D eigenvalue weighted by Gasteiger charge is 2.06. The maximum Gasteiger partial charge on any atom is 0.333 e. The van der Waals surface area contributed by atoms with Crippen LogP contribution in [0, 0.1) is 13.8 Å². The fourth-order valence-electron chi connectivity index (χ4n) is 1.63. The van der Waals surface area contributed by atoms with Gasteiger partial charge in [-0.25, -0.2) is 4.79 Å². The van der Waals surface area contributed by atoms with Gasteiger partial charge in [0.15, 0.2) is 0 Å². The van der Waals surface area contributed by atoms with E-state index in [2.05, 4.69) is 0 Å². The summed E-state index contributed by atoms with van der Waals surface area (Å²) in [7, 11) is 0. The van der Waals surface area contributed by atoms with Gasteiger partial charge in [0.05, 0.1) is 6.61 Å². The number of carbonyl (C=O) groups is 1. The third kappa shape index (κ3) is 3.34. The Balaban J connectivity index is 3.02. The van der Waals surface area contributed by atoms with Crippen molar-refractivity contribution in [2.24, 2.45) is 0 Å². The highest BCUT2D eigenvalue weighted by molar-refractivity contribution is 5.93. The van der Waals surface area contributed by atoms with Crippen LogP contribution in [0.15, 0.2) is 17.7 Å². The van der Waals surface area contributed by atoms with Gasteiger partial charge in [-0.2, -0.15) is 0 Å². The van der Waals surface area contributed by atoms with Crippen LogP contribution in [0.4, 0.5) is 0 Å². The number of rotatable bonds is 3. The second-order valence-corrected chi connectivity index (χ2v) is 4.05. The van der Waals surface area contributed by atoms with Gasteiger partial charge in [-0.15, -0.1) is 0 Å². The summed E-state index contributed by atoms with van der Waals surface area (Å²) in [4.78, 5) is 11.4. The fraction of sp³-hybridized carbons (Fsp3) is 0.357. The number of hydrogen-bond donors (Lipinski definition) is 1. The van der Waals surface area contributed by atoms with Crippen molar-refractivity contribution in [1.82, 2.24) is 0 Å². The van der Waals surface area contributed by atoms with Crippen LogP contribution in [0.2, 0.25) is 0 Å². The van der Waals surface area contributed by atoms with Crippen molar-refractivity contribution >= 4 is 12.0 Å². The van der Waals surface area contributed by atoms with E-state index in [9.17, 15) is 9.90 Å². The number of phenols is 1. The van der Waals surface area contributed by atoms with Crippen molar-refractivity contribution in [3.05, 3.63) is 34.4 Å². The molecule has 17 heavy (non-hydrogen) atoms.